The molecule has 3 aromatic rings. The largest absolute Gasteiger partial charge is 0.313 e. The molecule has 4 rings (SSSR count). The average molecular weight is 403 g/mol. The minimum absolute atomic E-state index is 0.00423. The lowest BCUT2D eigenvalue weighted by Gasteiger charge is -2.17. The minimum atomic E-state index is -3.70. The van der Waals surface area contributed by atoms with Gasteiger partial charge in [-0.15, -0.1) is 0 Å². The number of carbonyl (C=O) groups excluding carboxylic acids is 1. The first-order chi connectivity index (χ1) is 12.9. The van der Waals surface area contributed by atoms with Gasteiger partial charge in [-0.1, -0.05) is 17.7 Å². The molecule has 0 amide bonds. The van der Waals surface area contributed by atoms with E-state index in [0.717, 1.165) is 23.9 Å². The predicted molar refractivity (Wildman–Crippen MR) is 105 cm³/mol. The van der Waals surface area contributed by atoms with Crippen LogP contribution in [-0.4, -0.2) is 36.0 Å². The number of hydrogen-bond acceptors (Lipinski definition) is 3. The van der Waals surface area contributed by atoms with Crippen LogP contribution in [0.2, 0.25) is 5.02 Å². The van der Waals surface area contributed by atoms with Crippen LogP contribution < -0.4 is 0 Å². The molecule has 27 heavy (non-hydrogen) atoms. The molecule has 1 aliphatic heterocycles. The van der Waals surface area contributed by atoms with E-state index in [0.29, 0.717) is 24.3 Å². The van der Waals surface area contributed by atoms with Crippen molar-refractivity contribution in [1.29, 1.82) is 0 Å². The fourth-order valence-corrected chi connectivity index (χ4v) is 5.61. The van der Waals surface area contributed by atoms with E-state index in [1.807, 2.05) is 41.8 Å². The third-order valence-corrected chi connectivity index (χ3v) is 7.34. The monoisotopic (exact) mass is 402 g/mol. The van der Waals surface area contributed by atoms with Crippen molar-refractivity contribution in [1.82, 2.24) is 8.71 Å². The van der Waals surface area contributed by atoms with E-state index < -0.39 is 10.0 Å². The quantitative estimate of drug-likeness (QED) is 0.621. The van der Waals surface area contributed by atoms with Crippen molar-refractivity contribution in [3.63, 3.8) is 0 Å². The van der Waals surface area contributed by atoms with Crippen LogP contribution in [-0.2, 0) is 10.0 Å². The van der Waals surface area contributed by atoms with E-state index in [9.17, 15) is 13.2 Å². The number of sulfonamides is 1. The lowest BCUT2D eigenvalue weighted by molar-refractivity contribution is 0.103. The summed E-state index contributed by atoms with van der Waals surface area (Å²) in [7, 11) is -3.70. The number of aromatic nitrogens is 1. The first kappa shape index (κ1) is 18.2. The van der Waals surface area contributed by atoms with Gasteiger partial charge in [-0.25, -0.2) is 8.42 Å². The standard InChI is InChI=1S/C20H19ClN2O3S/c1-14-12-16-6-2-3-11-23(16)19(14)20(24)15-7-8-17(21)18(13-15)27(25,26)22-9-4-5-10-22/h2-3,6-8,11-13H,4-5,9-10H2,1H3. The fraction of sp³-hybridized carbons (Fsp3) is 0.250. The Hall–Kier alpha value is -2.15. The molecule has 7 heteroatoms. The third-order valence-electron chi connectivity index (χ3n) is 4.96. The Morgan fingerprint density at radius 1 is 1.07 bits per heavy atom. The number of carbonyl (C=O) groups is 1. The number of benzene rings is 1. The Balaban J connectivity index is 1.81. The summed E-state index contributed by atoms with van der Waals surface area (Å²) in [6.45, 7) is 2.84. The number of halogens is 1. The number of nitrogens with zero attached hydrogens (tertiary/aromatic N) is 2. The van der Waals surface area contributed by atoms with Crippen LogP contribution in [0.4, 0.5) is 0 Å². The number of ketones is 1. The second-order valence-corrected chi connectivity index (χ2v) is 9.07. The molecule has 0 spiro atoms. The van der Waals surface area contributed by atoms with Gasteiger partial charge in [0.1, 0.15) is 4.90 Å². The first-order valence-corrected chi connectivity index (χ1v) is 10.6. The van der Waals surface area contributed by atoms with E-state index in [1.54, 1.807) is 6.07 Å². The molecule has 140 valence electrons. The zero-order valence-corrected chi connectivity index (χ0v) is 16.4. The summed E-state index contributed by atoms with van der Waals surface area (Å²) in [5.74, 6) is -0.228. The molecule has 2 aromatic heterocycles. The summed E-state index contributed by atoms with van der Waals surface area (Å²) in [6, 6.07) is 12.1. The molecular formula is C20H19ClN2O3S. The van der Waals surface area contributed by atoms with Crippen molar-refractivity contribution in [3.8, 4) is 0 Å². The van der Waals surface area contributed by atoms with Gasteiger partial charge in [-0.05, 0) is 61.7 Å². The Morgan fingerprint density at radius 3 is 2.56 bits per heavy atom. The van der Waals surface area contributed by atoms with Crippen molar-refractivity contribution in [2.24, 2.45) is 0 Å². The SMILES string of the molecule is Cc1cc2ccccn2c1C(=O)c1ccc(Cl)c(S(=O)(=O)N2CCCC2)c1. The van der Waals surface area contributed by atoms with Crippen molar-refractivity contribution in [2.75, 3.05) is 13.1 Å². The maximum Gasteiger partial charge on any atom is 0.244 e. The molecule has 0 atom stereocenters. The van der Waals surface area contributed by atoms with Gasteiger partial charge in [0.05, 0.1) is 10.7 Å². The Morgan fingerprint density at radius 2 is 1.81 bits per heavy atom. The van der Waals surface area contributed by atoms with Crippen LogP contribution in [0.5, 0.6) is 0 Å². The zero-order chi connectivity index (χ0) is 19.2. The van der Waals surface area contributed by atoms with Crippen molar-refractivity contribution in [2.45, 2.75) is 24.7 Å². The van der Waals surface area contributed by atoms with Crippen LogP contribution in [0.3, 0.4) is 0 Å². The summed E-state index contributed by atoms with van der Waals surface area (Å²) >= 11 is 6.19. The molecule has 1 aromatic carbocycles. The van der Waals surface area contributed by atoms with E-state index in [2.05, 4.69) is 0 Å². The van der Waals surface area contributed by atoms with Crippen LogP contribution in [0, 0.1) is 6.92 Å². The molecule has 0 bridgehead atoms. The summed E-state index contributed by atoms with van der Waals surface area (Å²) in [5, 5.41) is 0.134. The predicted octanol–water partition coefficient (Wildman–Crippen LogP) is 3.92. The number of aryl methyl sites for hydroxylation is 1. The van der Waals surface area contributed by atoms with Gasteiger partial charge in [0.2, 0.25) is 15.8 Å². The van der Waals surface area contributed by atoms with Crippen LogP contribution in [0.25, 0.3) is 5.52 Å². The van der Waals surface area contributed by atoms with Gasteiger partial charge in [0, 0.05) is 30.4 Å². The van der Waals surface area contributed by atoms with E-state index in [1.165, 1.54) is 16.4 Å². The van der Waals surface area contributed by atoms with Crippen LogP contribution in [0.1, 0.15) is 34.5 Å². The minimum Gasteiger partial charge on any atom is -0.313 e. The fourth-order valence-electron chi connectivity index (χ4n) is 3.59. The molecule has 5 nitrogen and oxygen atoms in total. The van der Waals surface area contributed by atoms with E-state index in [4.69, 9.17) is 11.6 Å². The third kappa shape index (κ3) is 3.08. The second kappa shape index (κ2) is 6.78. The van der Waals surface area contributed by atoms with Gasteiger partial charge in [0.25, 0.3) is 0 Å². The normalized spacial score (nSPS) is 15.5. The van der Waals surface area contributed by atoms with Crippen molar-refractivity contribution < 1.29 is 13.2 Å². The van der Waals surface area contributed by atoms with Crippen molar-refractivity contribution in [3.05, 3.63) is 70.5 Å². The van der Waals surface area contributed by atoms with Crippen LogP contribution in [0.15, 0.2) is 53.6 Å². The molecule has 3 heterocycles. The zero-order valence-electron chi connectivity index (χ0n) is 14.9. The number of hydrogen-bond donors (Lipinski definition) is 0. The summed E-state index contributed by atoms with van der Waals surface area (Å²) < 4.78 is 29.1. The molecule has 0 N–H and O–H groups in total. The highest BCUT2D eigenvalue weighted by molar-refractivity contribution is 7.89. The smallest absolute Gasteiger partial charge is 0.244 e. The second-order valence-electron chi connectivity index (χ2n) is 6.76. The Labute approximate surface area is 163 Å². The molecule has 0 aliphatic carbocycles. The summed E-state index contributed by atoms with van der Waals surface area (Å²) in [6.07, 6.45) is 3.50. The molecule has 1 saturated heterocycles. The molecule has 1 aliphatic rings. The highest BCUT2D eigenvalue weighted by Crippen LogP contribution is 2.29. The van der Waals surface area contributed by atoms with Gasteiger partial charge < -0.3 is 4.40 Å². The van der Waals surface area contributed by atoms with E-state index >= 15 is 0 Å². The summed E-state index contributed by atoms with van der Waals surface area (Å²) in [5.41, 5.74) is 2.59. The topological polar surface area (TPSA) is 58.9 Å². The number of rotatable bonds is 4. The van der Waals surface area contributed by atoms with Gasteiger partial charge in [-0.3, -0.25) is 4.79 Å². The summed E-state index contributed by atoms with van der Waals surface area (Å²) in [4.78, 5) is 13.2. The van der Waals surface area contributed by atoms with Crippen molar-refractivity contribution >= 4 is 32.9 Å². The molecule has 0 radical (unpaired) electrons. The maximum absolute atomic E-state index is 13.2. The van der Waals surface area contributed by atoms with Gasteiger partial charge in [0.15, 0.2) is 0 Å². The van der Waals surface area contributed by atoms with Crippen LogP contribution >= 0.6 is 11.6 Å². The molecular weight excluding hydrogens is 384 g/mol. The Bertz CT molecular complexity index is 1150. The van der Waals surface area contributed by atoms with Gasteiger partial charge in [-0.2, -0.15) is 4.31 Å². The number of fused-ring (bicyclic) bond motifs is 1. The Kier molecular flexibility index (Phi) is 4.58. The first-order valence-electron chi connectivity index (χ1n) is 8.81. The molecule has 0 unspecified atom stereocenters. The average Bonchev–Trinajstić information content (AvgIpc) is 3.29. The molecule has 1 fully saturated rings. The lowest BCUT2D eigenvalue weighted by atomic mass is 10.1. The maximum atomic E-state index is 13.2. The molecule has 0 saturated carbocycles. The lowest BCUT2D eigenvalue weighted by Crippen LogP contribution is -2.28. The highest BCUT2D eigenvalue weighted by Gasteiger charge is 2.30. The van der Waals surface area contributed by atoms with E-state index in [-0.39, 0.29) is 15.7 Å². The van der Waals surface area contributed by atoms with Gasteiger partial charge >= 0.3 is 0 Å². The number of pyridine rings is 1. The highest BCUT2D eigenvalue weighted by atomic mass is 35.5.